The molecule has 1 fully saturated rings. The van der Waals surface area contributed by atoms with Gasteiger partial charge in [-0.05, 0) is 20.8 Å². The Labute approximate surface area is 114 Å². The summed E-state index contributed by atoms with van der Waals surface area (Å²) in [6.45, 7) is 6.40. The van der Waals surface area contributed by atoms with Crippen molar-refractivity contribution in [3.05, 3.63) is 11.9 Å². The van der Waals surface area contributed by atoms with Crippen LogP contribution >= 0.6 is 0 Å². The van der Waals surface area contributed by atoms with Crippen molar-refractivity contribution in [3.63, 3.8) is 0 Å². The van der Waals surface area contributed by atoms with Gasteiger partial charge in [0.15, 0.2) is 0 Å². The Morgan fingerprint density at radius 1 is 1.50 bits per heavy atom. The topological polar surface area (TPSA) is 52.2 Å². The van der Waals surface area contributed by atoms with Crippen molar-refractivity contribution in [1.29, 1.82) is 0 Å². The Kier molecular flexibility index (Phi) is 3.77. The molecule has 1 aliphatic rings. The number of aryl methyl sites for hydroxylation is 1. The molecule has 0 spiro atoms. The number of hydrogen-bond donors (Lipinski definition) is 1. The van der Waals surface area contributed by atoms with Crippen LogP contribution in [0.25, 0.3) is 0 Å². The standard InChI is InChI=1S/C12H17F3N4O/c1-7(2)18-5-9(6-18)19(11(20)12(13,14)15)10-4-16-17-8(10)3/h4,7,9H,5-6H2,1-3H3,(H,16,17). The van der Waals surface area contributed by atoms with E-state index in [2.05, 4.69) is 10.2 Å². The van der Waals surface area contributed by atoms with Crippen LogP contribution in [0.1, 0.15) is 19.5 Å². The highest BCUT2D eigenvalue weighted by atomic mass is 19.4. The molecule has 1 N–H and O–H groups in total. The van der Waals surface area contributed by atoms with Crippen molar-refractivity contribution in [2.75, 3.05) is 18.0 Å². The van der Waals surface area contributed by atoms with Crippen LogP contribution in [0.3, 0.4) is 0 Å². The maximum Gasteiger partial charge on any atom is 0.471 e. The Hall–Kier alpha value is -1.57. The van der Waals surface area contributed by atoms with Crippen LogP contribution in [0.4, 0.5) is 18.9 Å². The highest BCUT2D eigenvalue weighted by molar-refractivity contribution is 5.98. The largest absolute Gasteiger partial charge is 0.471 e. The van der Waals surface area contributed by atoms with Gasteiger partial charge in [0.1, 0.15) is 0 Å². The minimum atomic E-state index is -4.89. The number of aromatic amines is 1. The Morgan fingerprint density at radius 2 is 2.10 bits per heavy atom. The van der Waals surface area contributed by atoms with Crippen molar-refractivity contribution in [3.8, 4) is 0 Å². The fourth-order valence-corrected chi connectivity index (χ4v) is 2.27. The second kappa shape index (κ2) is 5.08. The molecule has 5 nitrogen and oxygen atoms in total. The maximum atomic E-state index is 12.8. The lowest BCUT2D eigenvalue weighted by atomic mass is 10.0. The highest BCUT2D eigenvalue weighted by Gasteiger charge is 2.48. The number of amides is 1. The third-order valence-electron chi connectivity index (χ3n) is 3.51. The van der Waals surface area contributed by atoms with Crippen molar-refractivity contribution in [2.45, 2.75) is 39.0 Å². The van der Waals surface area contributed by atoms with Crippen LogP contribution in [-0.4, -0.2) is 52.4 Å². The molecule has 112 valence electrons. The number of nitrogens with one attached hydrogen (secondary N) is 1. The van der Waals surface area contributed by atoms with E-state index in [1.807, 2.05) is 18.7 Å². The van der Waals surface area contributed by atoms with E-state index in [-0.39, 0.29) is 11.7 Å². The first-order valence-corrected chi connectivity index (χ1v) is 6.36. The van der Waals surface area contributed by atoms with Gasteiger partial charge in [-0.25, -0.2) is 0 Å². The van der Waals surface area contributed by atoms with E-state index in [9.17, 15) is 18.0 Å². The van der Waals surface area contributed by atoms with Crippen LogP contribution in [0, 0.1) is 6.92 Å². The van der Waals surface area contributed by atoms with E-state index in [1.54, 1.807) is 6.92 Å². The number of nitrogens with zero attached hydrogens (tertiary/aromatic N) is 3. The summed E-state index contributed by atoms with van der Waals surface area (Å²) >= 11 is 0. The van der Waals surface area contributed by atoms with Crippen LogP contribution in [-0.2, 0) is 4.79 Å². The minimum Gasteiger partial charge on any atom is -0.297 e. The summed E-state index contributed by atoms with van der Waals surface area (Å²) in [7, 11) is 0. The zero-order valence-corrected chi connectivity index (χ0v) is 11.5. The monoisotopic (exact) mass is 290 g/mol. The van der Waals surface area contributed by atoms with E-state index in [4.69, 9.17) is 0 Å². The minimum absolute atomic E-state index is 0.195. The first-order valence-electron chi connectivity index (χ1n) is 6.36. The number of halogens is 3. The van der Waals surface area contributed by atoms with Gasteiger partial charge in [0, 0.05) is 19.1 Å². The van der Waals surface area contributed by atoms with Gasteiger partial charge >= 0.3 is 12.1 Å². The summed E-state index contributed by atoms with van der Waals surface area (Å²) in [5.41, 5.74) is 0.645. The molecule has 1 saturated heterocycles. The number of carbonyl (C=O) groups excluding carboxylic acids is 1. The fraction of sp³-hybridized carbons (Fsp3) is 0.667. The summed E-state index contributed by atoms with van der Waals surface area (Å²) in [5.74, 6) is -1.84. The predicted octanol–water partition coefficient (Wildman–Crippen LogP) is 1.71. The third-order valence-corrected chi connectivity index (χ3v) is 3.51. The number of alkyl halides is 3. The molecule has 0 aromatic carbocycles. The maximum absolute atomic E-state index is 12.8. The van der Waals surface area contributed by atoms with E-state index in [1.165, 1.54) is 6.20 Å². The number of anilines is 1. The van der Waals surface area contributed by atoms with Gasteiger partial charge in [-0.15, -0.1) is 0 Å². The zero-order valence-electron chi connectivity index (χ0n) is 11.5. The van der Waals surface area contributed by atoms with Gasteiger partial charge in [-0.1, -0.05) is 0 Å². The van der Waals surface area contributed by atoms with Crippen LogP contribution < -0.4 is 4.90 Å². The molecule has 20 heavy (non-hydrogen) atoms. The molecule has 8 heteroatoms. The lowest BCUT2D eigenvalue weighted by Crippen LogP contribution is -2.64. The Balaban J connectivity index is 2.23. The SMILES string of the molecule is Cc1[nH]ncc1N(C(=O)C(F)(F)F)C1CN(C(C)C)C1. The second-order valence-electron chi connectivity index (χ2n) is 5.25. The van der Waals surface area contributed by atoms with Crippen molar-refractivity contribution < 1.29 is 18.0 Å². The first kappa shape index (κ1) is 14.8. The lowest BCUT2D eigenvalue weighted by molar-refractivity contribution is -0.171. The molecule has 2 heterocycles. The smallest absolute Gasteiger partial charge is 0.297 e. The summed E-state index contributed by atoms with van der Waals surface area (Å²) in [4.78, 5) is 14.5. The van der Waals surface area contributed by atoms with Gasteiger partial charge in [0.2, 0.25) is 0 Å². The van der Waals surface area contributed by atoms with Gasteiger partial charge in [-0.3, -0.25) is 19.7 Å². The molecule has 0 atom stereocenters. The first-order chi connectivity index (χ1) is 9.21. The quantitative estimate of drug-likeness (QED) is 0.922. The highest BCUT2D eigenvalue weighted by Crippen LogP contribution is 2.30. The molecule has 1 amide bonds. The predicted molar refractivity (Wildman–Crippen MR) is 67.4 cm³/mol. The Bertz CT molecular complexity index is 491. The van der Waals surface area contributed by atoms with Crippen LogP contribution in [0.15, 0.2) is 6.20 Å². The number of aromatic nitrogens is 2. The molecule has 1 aromatic heterocycles. The second-order valence-corrected chi connectivity index (χ2v) is 5.25. The number of H-pyrrole nitrogens is 1. The molecule has 1 aliphatic heterocycles. The fourth-order valence-electron chi connectivity index (χ4n) is 2.27. The lowest BCUT2D eigenvalue weighted by Gasteiger charge is -2.47. The van der Waals surface area contributed by atoms with Gasteiger partial charge in [0.05, 0.1) is 23.6 Å². The molecular formula is C12H17F3N4O. The van der Waals surface area contributed by atoms with E-state index in [0.717, 1.165) is 4.90 Å². The number of carbonyl (C=O) groups is 1. The van der Waals surface area contributed by atoms with Crippen LogP contribution in [0.2, 0.25) is 0 Å². The van der Waals surface area contributed by atoms with E-state index in [0.29, 0.717) is 18.8 Å². The van der Waals surface area contributed by atoms with Crippen LogP contribution in [0.5, 0.6) is 0 Å². The average molecular weight is 290 g/mol. The van der Waals surface area contributed by atoms with Gasteiger partial charge in [-0.2, -0.15) is 18.3 Å². The molecule has 0 aliphatic carbocycles. The molecule has 0 bridgehead atoms. The van der Waals surface area contributed by atoms with Gasteiger partial charge in [0.25, 0.3) is 0 Å². The van der Waals surface area contributed by atoms with Crippen molar-refractivity contribution in [1.82, 2.24) is 15.1 Å². The van der Waals surface area contributed by atoms with E-state index >= 15 is 0 Å². The van der Waals surface area contributed by atoms with E-state index < -0.39 is 18.1 Å². The number of likely N-dealkylation sites (tertiary alicyclic amines) is 1. The third kappa shape index (κ3) is 2.65. The molecule has 0 radical (unpaired) electrons. The number of hydrogen-bond acceptors (Lipinski definition) is 3. The normalized spacial score (nSPS) is 17.4. The number of rotatable bonds is 3. The molecule has 1 aromatic rings. The summed E-state index contributed by atoms with van der Waals surface area (Å²) < 4.78 is 38.3. The summed E-state index contributed by atoms with van der Waals surface area (Å²) in [6.07, 6.45) is -3.63. The van der Waals surface area contributed by atoms with Crippen molar-refractivity contribution in [2.24, 2.45) is 0 Å². The average Bonchev–Trinajstić information content (AvgIpc) is 2.66. The molecule has 0 unspecified atom stereocenters. The molecule has 2 rings (SSSR count). The van der Waals surface area contributed by atoms with Crippen molar-refractivity contribution >= 4 is 11.6 Å². The molecule has 0 saturated carbocycles. The zero-order chi connectivity index (χ0) is 15.1. The summed E-state index contributed by atoms with van der Waals surface area (Å²) in [6, 6.07) is -0.220. The molecular weight excluding hydrogens is 273 g/mol. The summed E-state index contributed by atoms with van der Waals surface area (Å²) in [5, 5.41) is 6.27. The Morgan fingerprint density at radius 3 is 2.50 bits per heavy atom. The van der Waals surface area contributed by atoms with Gasteiger partial charge < -0.3 is 0 Å².